The summed E-state index contributed by atoms with van der Waals surface area (Å²) < 4.78 is 13.3. The predicted molar refractivity (Wildman–Crippen MR) is 163 cm³/mol. The molecule has 0 saturated carbocycles. The number of hydrogen-bond acceptors (Lipinski definition) is 7. The van der Waals surface area contributed by atoms with Gasteiger partial charge < -0.3 is 31.3 Å². The molecule has 0 saturated heterocycles. The van der Waals surface area contributed by atoms with Crippen molar-refractivity contribution in [2.75, 3.05) is 6.54 Å². The van der Waals surface area contributed by atoms with Crippen LogP contribution in [0.15, 0.2) is 60.8 Å². The molecule has 14 heteroatoms. The first-order valence-electron chi connectivity index (χ1n) is 14.6. The second-order valence-corrected chi connectivity index (χ2v) is 10.7. The van der Waals surface area contributed by atoms with Crippen molar-refractivity contribution in [2.24, 2.45) is 5.92 Å². The third kappa shape index (κ3) is 10.9. The molecule has 1 aromatic heterocycles. The summed E-state index contributed by atoms with van der Waals surface area (Å²) in [6.45, 7) is 0.145. The van der Waals surface area contributed by atoms with Gasteiger partial charge in [0, 0.05) is 37.1 Å². The van der Waals surface area contributed by atoms with Gasteiger partial charge in [0.1, 0.15) is 12.1 Å². The SMILES string of the molecule is O=C(O)CC[C@H](NC(=O)N[C@@H](CCCCNC(=O)C(CC(=O)c1ccc([18F])nc1)Cc1cccc2ccccc12)C(=O)O)C(=O)O. The van der Waals surface area contributed by atoms with Gasteiger partial charge in [-0.3, -0.25) is 14.4 Å². The number of Topliss-reactive ketones (excluding diaryl/α,β-unsaturated/α-hetero) is 1. The molecule has 0 aliphatic carbocycles. The molecular weight excluding hydrogens is 602 g/mol. The van der Waals surface area contributed by atoms with Crippen LogP contribution in [0, 0.1) is 11.9 Å². The smallest absolute Gasteiger partial charge is 0.326 e. The van der Waals surface area contributed by atoms with Gasteiger partial charge >= 0.3 is 23.9 Å². The van der Waals surface area contributed by atoms with Crippen LogP contribution in [0.1, 0.15) is 54.4 Å². The molecular formula is C32H35FN4O9. The van der Waals surface area contributed by atoms with Crippen LogP contribution >= 0.6 is 0 Å². The summed E-state index contributed by atoms with van der Waals surface area (Å²) in [7, 11) is 0. The molecule has 3 atom stereocenters. The van der Waals surface area contributed by atoms with Crippen molar-refractivity contribution in [3.63, 3.8) is 0 Å². The average molecular weight is 638 g/mol. The number of amides is 3. The number of aliphatic carboxylic acids is 3. The zero-order valence-electron chi connectivity index (χ0n) is 24.8. The Balaban J connectivity index is 1.58. The molecule has 3 rings (SSSR count). The number of urea groups is 1. The number of carboxylic acids is 3. The van der Waals surface area contributed by atoms with Crippen molar-refractivity contribution < 1.29 is 48.5 Å². The van der Waals surface area contributed by atoms with Gasteiger partial charge in [0.05, 0.1) is 0 Å². The zero-order chi connectivity index (χ0) is 33.6. The van der Waals surface area contributed by atoms with E-state index in [1.165, 1.54) is 6.07 Å². The number of ketones is 1. The number of carbonyl (C=O) groups is 6. The number of unbranched alkanes of at least 4 members (excludes halogenated alkanes) is 1. The summed E-state index contributed by atoms with van der Waals surface area (Å²) in [5, 5.41) is 36.4. The first kappa shape index (κ1) is 35.1. The maximum atomic E-state index is 13.3. The van der Waals surface area contributed by atoms with Crippen molar-refractivity contribution in [1.29, 1.82) is 0 Å². The number of rotatable bonds is 18. The first-order chi connectivity index (χ1) is 21.9. The largest absolute Gasteiger partial charge is 0.481 e. The van der Waals surface area contributed by atoms with E-state index in [9.17, 15) is 43.4 Å². The first-order valence-corrected chi connectivity index (χ1v) is 14.6. The molecule has 0 aliphatic rings. The molecule has 2 aromatic carbocycles. The highest BCUT2D eigenvalue weighted by molar-refractivity contribution is 5.98. The second-order valence-electron chi connectivity index (χ2n) is 10.7. The molecule has 0 spiro atoms. The Morgan fingerprint density at radius 3 is 2.13 bits per heavy atom. The lowest BCUT2D eigenvalue weighted by Gasteiger charge is -2.19. The lowest BCUT2D eigenvalue weighted by atomic mass is 9.89. The van der Waals surface area contributed by atoms with E-state index in [1.807, 2.05) is 42.5 Å². The van der Waals surface area contributed by atoms with E-state index >= 15 is 0 Å². The Morgan fingerprint density at radius 2 is 1.48 bits per heavy atom. The fourth-order valence-electron chi connectivity index (χ4n) is 4.85. The lowest BCUT2D eigenvalue weighted by Crippen LogP contribution is -2.51. The number of fused-ring (bicyclic) bond motifs is 1. The summed E-state index contributed by atoms with van der Waals surface area (Å²) in [5.74, 6) is -6.36. The molecule has 244 valence electrons. The monoisotopic (exact) mass is 637 g/mol. The average Bonchev–Trinajstić information content (AvgIpc) is 3.01. The Hall–Kier alpha value is -5.40. The topological polar surface area (TPSA) is 212 Å². The predicted octanol–water partition coefficient (Wildman–Crippen LogP) is 3.16. The van der Waals surface area contributed by atoms with Crippen LogP contribution in [-0.4, -0.2) is 74.6 Å². The summed E-state index contributed by atoms with van der Waals surface area (Å²) in [5.41, 5.74) is 1.04. The highest BCUT2D eigenvalue weighted by Gasteiger charge is 2.26. The molecule has 0 radical (unpaired) electrons. The van der Waals surface area contributed by atoms with Gasteiger partial charge in [-0.2, -0.15) is 4.39 Å². The molecule has 0 aliphatic heterocycles. The van der Waals surface area contributed by atoms with Crippen molar-refractivity contribution in [2.45, 2.75) is 57.0 Å². The van der Waals surface area contributed by atoms with Crippen molar-refractivity contribution >= 4 is 46.4 Å². The number of carbonyl (C=O) groups excluding carboxylic acids is 3. The van der Waals surface area contributed by atoms with Crippen LogP contribution in [0.25, 0.3) is 10.8 Å². The van der Waals surface area contributed by atoms with Crippen LogP contribution in [-0.2, 0) is 25.6 Å². The molecule has 46 heavy (non-hydrogen) atoms. The van der Waals surface area contributed by atoms with Gasteiger partial charge in [0.25, 0.3) is 0 Å². The minimum atomic E-state index is -1.52. The van der Waals surface area contributed by atoms with Crippen LogP contribution in [0.3, 0.4) is 0 Å². The third-order valence-electron chi connectivity index (χ3n) is 7.27. The van der Waals surface area contributed by atoms with E-state index in [4.69, 9.17) is 5.11 Å². The number of nitrogens with zero attached hydrogens (tertiary/aromatic N) is 1. The van der Waals surface area contributed by atoms with Gasteiger partial charge in [-0.15, -0.1) is 0 Å². The highest BCUT2D eigenvalue weighted by Crippen LogP contribution is 2.24. The van der Waals surface area contributed by atoms with E-state index in [-0.39, 0.29) is 50.0 Å². The fraction of sp³-hybridized carbons (Fsp3) is 0.344. The normalized spacial score (nSPS) is 12.8. The third-order valence-corrected chi connectivity index (χ3v) is 7.27. The highest BCUT2D eigenvalue weighted by atomic mass is 18.2. The summed E-state index contributed by atoms with van der Waals surface area (Å²) in [6, 6.07) is 11.7. The number of hydrogen-bond donors (Lipinski definition) is 6. The summed E-state index contributed by atoms with van der Waals surface area (Å²) >= 11 is 0. The Bertz CT molecular complexity index is 1560. The summed E-state index contributed by atoms with van der Waals surface area (Å²) in [4.78, 5) is 75.7. The minimum absolute atomic E-state index is 0.0407. The Kier molecular flexibility index (Phi) is 13.1. The van der Waals surface area contributed by atoms with Crippen LogP contribution < -0.4 is 16.0 Å². The number of aromatic nitrogens is 1. The van der Waals surface area contributed by atoms with Crippen LogP contribution in [0.5, 0.6) is 0 Å². The van der Waals surface area contributed by atoms with Crippen LogP contribution in [0.4, 0.5) is 9.18 Å². The molecule has 13 nitrogen and oxygen atoms in total. The Morgan fingerprint density at radius 1 is 0.804 bits per heavy atom. The van der Waals surface area contributed by atoms with Crippen LogP contribution in [0.2, 0.25) is 0 Å². The molecule has 6 N–H and O–H groups in total. The number of benzene rings is 2. The van der Waals surface area contributed by atoms with Gasteiger partial charge in [-0.1, -0.05) is 42.5 Å². The van der Waals surface area contributed by atoms with E-state index in [0.717, 1.165) is 28.6 Å². The number of halogens is 1. The molecule has 0 fully saturated rings. The van der Waals surface area contributed by atoms with E-state index in [2.05, 4.69) is 20.9 Å². The standard InChI is InChI=1S/C32H35FN4O9/c33-27-13-11-21(18-35-27)26(38)17-22(16-20-8-5-7-19-6-1-2-9-23(19)20)29(41)34-15-4-3-10-24(30(42)43)36-32(46)37-25(31(44)45)12-14-28(39)40/h1-2,5-9,11,13,18,22,24-25H,3-4,10,12,14-17H2,(H,34,41)(H,39,40)(H,42,43)(H,44,45)(H2,36,37,46)/t22?,24-,25-/m0/s1/i33-1. The molecule has 0 bridgehead atoms. The number of carboxylic acid groups (broad SMARTS) is 3. The van der Waals surface area contributed by atoms with Crippen molar-refractivity contribution in [1.82, 2.24) is 20.9 Å². The van der Waals surface area contributed by atoms with Gasteiger partial charge in [-0.05, 0) is 60.6 Å². The van der Waals surface area contributed by atoms with Gasteiger partial charge in [0.15, 0.2) is 5.78 Å². The number of nitrogens with one attached hydrogen (secondary N) is 3. The minimum Gasteiger partial charge on any atom is -0.481 e. The maximum absolute atomic E-state index is 13.3. The van der Waals surface area contributed by atoms with Gasteiger partial charge in [-0.25, -0.2) is 19.4 Å². The lowest BCUT2D eigenvalue weighted by molar-refractivity contribution is -0.140. The number of pyridine rings is 1. The van der Waals surface area contributed by atoms with Crippen molar-refractivity contribution in [3.8, 4) is 0 Å². The Labute approximate surface area is 263 Å². The molecule has 3 amide bonds. The fourth-order valence-corrected chi connectivity index (χ4v) is 4.85. The van der Waals surface area contributed by atoms with Gasteiger partial charge in [0.2, 0.25) is 11.9 Å². The molecule has 1 unspecified atom stereocenters. The molecule has 1 heterocycles. The van der Waals surface area contributed by atoms with E-state index in [0.29, 0.717) is 6.42 Å². The second kappa shape index (κ2) is 17.2. The maximum Gasteiger partial charge on any atom is 0.326 e. The van der Waals surface area contributed by atoms with Crippen molar-refractivity contribution in [3.05, 3.63) is 77.9 Å². The molecule has 3 aromatic rings. The quantitative estimate of drug-likeness (QED) is 0.0681. The van der Waals surface area contributed by atoms with E-state index in [1.54, 1.807) is 0 Å². The van der Waals surface area contributed by atoms with E-state index < -0.39 is 60.2 Å². The summed E-state index contributed by atoms with van der Waals surface area (Å²) in [6.07, 6.45) is 0.856. The zero-order valence-corrected chi connectivity index (χ0v) is 24.8.